The molecule has 0 aromatic rings. The molecule has 0 unspecified atom stereocenters. The van der Waals surface area contributed by atoms with E-state index >= 15 is 0 Å². The van der Waals surface area contributed by atoms with Gasteiger partial charge in [-0.25, -0.2) is 0 Å². The van der Waals surface area contributed by atoms with Crippen LogP contribution in [0.5, 0.6) is 0 Å². The Hall–Kier alpha value is -0.395. The highest BCUT2D eigenvalue weighted by Crippen LogP contribution is 2.04. The minimum Gasteiger partial charge on any atom is -0.396 e. The maximum absolute atomic E-state index is 8.68. The molecule has 1 rings (SSSR count). The third-order valence-corrected chi connectivity index (χ3v) is 7.01. The summed E-state index contributed by atoms with van der Waals surface area (Å²) in [6, 6.07) is 0. The van der Waals surface area contributed by atoms with Crippen LogP contribution in [0.15, 0.2) is 0 Å². The summed E-state index contributed by atoms with van der Waals surface area (Å²) in [7, 11) is 33.5. The molecular weight excluding hydrogens is 786 g/mol. The summed E-state index contributed by atoms with van der Waals surface area (Å²) in [5.74, 6) is 0.993. The van der Waals surface area contributed by atoms with Gasteiger partial charge in [0.25, 0.3) is 0 Å². The average molecular weight is 868 g/mol. The van der Waals surface area contributed by atoms with Gasteiger partial charge in [0.05, 0.1) is 119 Å². The number of ether oxygens (including phenoxy) is 14. The van der Waals surface area contributed by atoms with Crippen molar-refractivity contribution in [3.8, 4) is 0 Å². The second-order valence-electron chi connectivity index (χ2n) is 12.6. The van der Waals surface area contributed by atoms with Gasteiger partial charge in [0.1, 0.15) is 38.2 Å². The van der Waals surface area contributed by atoms with Crippen LogP contribution in [0.25, 0.3) is 0 Å². The molecule has 1 aliphatic heterocycles. The summed E-state index contributed by atoms with van der Waals surface area (Å²) in [5.41, 5.74) is 0. The molecule has 0 amide bonds. The van der Waals surface area contributed by atoms with Crippen LogP contribution in [0.4, 0.5) is 0 Å². The van der Waals surface area contributed by atoms with Gasteiger partial charge in [-0.15, -0.1) is 0 Å². The molecule has 0 saturated carbocycles. The van der Waals surface area contributed by atoms with E-state index in [4.69, 9.17) is 113 Å². The largest absolute Gasteiger partial charge is 0.396 e. The Labute approximate surface area is 370 Å². The first-order valence-corrected chi connectivity index (χ1v) is 19.3. The van der Waals surface area contributed by atoms with Crippen molar-refractivity contribution < 1.29 is 86.7 Å². The highest BCUT2D eigenvalue weighted by atomic mass is 16.7. The van der Waals surface area contributed by atoms with Gasteiger partial charge in [-0.2, -0.15) is 0 Å². The summed E-state index contributed by atoms with van der Waals surface area (Å²) in [6.45, 7) is 9.90. The highest BCUT2D eigenvalue weighted by molar-refractivity contribution is 6.08. The lowest BCUT2D eigenvalue weighted by Gasteiger charge is -2.20. The molecule has 352 valence electrons. The van der Waals surface area contributed by atoms with Gasteiger partial charge in [0, 0.05) is 127 Å². The van der Waals surface area contributed by atoms with Crippen LogP contribution < -0.4 is 0 Å². The Kier molecular flexibility index (Phi) is 77.4. The summed E-state index contributed by atoms with van der Waals surface area (Å²) >= 11 is 0. The fraction of sp³-hybridized carbons (Fsp3) is 1.00. The van der Waals surface area contributed by atoms with E-state index in [1.807, 2.05) is 0 Å². The molecule has 0 aromatic heterocycles. The van der Waals surface area contributed by atoms with Crippen molar-refractivity contribution in [3.05, 3.63) is 0 Å². The van der Waals surface area contributed by atoms with Crippen molar-refractivity contribution in [3.63, 3.8) is 0 Å². The third-order valence-electron chi connectivity index (χ3n) is 7.01. The van der Waals surface area contributed by atoms with Crippen LogP contribution in [-0.4, -0.2) is 269 Å². The monoisotopic (exact) mass is 869 g/mol. The molecule has 0 aliphatic carbocycles. The van der Waals surface area contributed by atoms with E-state index in [0.717, 1.165) is 19.8 Å². The number of rotatable bonds is 32. The molecule has 1 fully saturated rings. The smallest absolute Gasteiger partial charge is 0.146 e. The van der Waals surface area contributed by atoms with Crippen molar-refractivity contribution in [2.75, 3.05) is 209 Å². The zero-order valence-electron chi connectivity index (χ0n) is 38.2. The minimum atomic E-state index is -0.111. The standard InChI is InChI=1S/2C7H15BO3.2C6H13BO3.C6H12O3.C5H12O3.BH/c2*1-9-3-7(4-10-2)5-11-6-8;2*1-9-3-6(2-8)4-10-5-7;1-7-2-6-3-8-5-9-4-6;1-8-4-5(2-6)3-7;/h2*7H,3-6H2,1-2H3;2*6,8H,2-5H2,1H3;6H,2-5H2,1H3;5-7H,2-4H2,1H3;1H/t;;2*6-;;;/m..10.../s1. The van der Waals surface area contributed by atoms with Crippen LogP contribution in [0.2, 0.25) is 0 Å². The Morgan fingerprint density at radius 3 is 0.867 bits per heavy atom. The lowest BCUT2D eigenvalue weighted by Crippen LogP contribution is -2.27. The second kappa shape index (κ2) is 65.2. The van der Waals surface area contributed by atoms with Crippen LogP contribution in [0.3, 0.4) is 0 Å². The van der Waals surface area contributed by atoms with Crippen LogP contribution in [0.1, 0.15) is 0 Å². The quantitative estimate of drug-likeness (QED) is 0.0524. The average Bonchev–Trinajstić information content (AvgIpc) is 3.26. The van der Waals surface area contributed by atoms with Crippen molar-refractivity contribution in [1.82, 2.24) is 0 Å². The topological polar surface area (TPSA) is 210 Å². The van der Waals surface area contributed by atoms with Crippen molar-refractivity contribution in [2.45, 2.75) is 0 Å². The van der Waals surface area contributed by atoms with E-state index < -0.39 is 0 Å². The molecule has 1 aliphatic rings. The van der Waals surface area contributed by atoms with Crippen molar-refractivity contribution in [1.29, 1.82) is 0 Å². The summed E-state index contributed by atoms with van der Waals surface area (Å²) in [6.07, 6.45) is 0. The van der Waals surface area contributed by atoms with Gasteiger partial charge < -0.3 is 86.7 Å². The normalized spacial score (nSPS) is 13.2. The van der Waals surface area contributed by atoms with Crippen molar-refractivity contribution in [2.24, 2.45) is 35.5 Å². The number of hydrogen-bond acceptors (Lipinski definition) is 18. The summed E-state index contributed by atoms with van der Waals surface area (Å²) in [4.78, 5) is 0. The molecule has 1 heterocycles. The van der Waals surface area contributed by atoms with Crippen LogP contribution >= 0.6 is 0 Å². The van der Waals surface area contributed by atoms with E-state index in [-0.39, 0.29) is 90.5 Å². The van der Waals surface area contributed by atoms with E-state index in [1.54, 1.807) is 56.9 Å². The third kappa shape index (κ3) is 59.7. The molecule has 18 nitrogen and oxygen atoms in total. The molecule has 1 saturated heterocycles. The van der Waals surface area contributed by atoms with Gasteiger partial charge in [-0.05, 0) is 0 Å². The van der Waals surface area contributed by atoms with E-state index in [1.165, 1.54) is 0 Å². The Bertz CT molecular complexity index is 648. The molecule has 0 aromatic carbocycles. The number of methoxy groups -OCH3 is 8. The van der Waals surface area contributed by atoms with Gasteiger partial charge in [-0.1, -0.05) is 0 Å². The Morgan fingerprint density at radius 2 is 0.650 bits per heavy atom. The van der Waals surface area contributed by atoms with E-state index in [0.29, 0.717) is 85.4 Å². The van der Waals surface area contributed by atoms with E-state index in [9.17, 15) is 0 Å². The Morgan fingerprint density at radius 1 is 0.400 bits per heavy atom. The van der Waals surface area contributed by atoms with Gasteiger partial charge in [0.15, 0.2) is 0 Å². The molecule has 60 heavy (non-hydrogen) atoms. The number of aliphatic hydroxyl groups is 4. The van der Waals surface area contributed by atoms with Gasteiger partial charge in [0.2, 0.25) is 0 Å². The fourth-order valence-corrected chi connectivity index (χ4v) is 4.22. The number of aliphatic hydroxyl groups excluding tert-OH is 4. The summed E-state index contributed by atoms with van der Waals surface area (Å²) < 4.78 is 68.9. The predicted molar refractivity (Wildman–Crippen MR) is 235 cm³/mol. The lowest BCUT2D eigenvalue weighted by molar-refractivity contribution is -0.136. The first kappa shape index (κ1) is 71.2. The zero-order chi connectivity index (χ0) is 45.6. The minimum absolute atomic E-state index is 0. The van der Waals surface area contributed by atoms with Gasteiger partial charge >= 0.3 is 0 Å². The second-order valence-corrected chi connectivity index (χ2v) is 12.6. The lowest BCUT2D eigenvalue weighted by atomic mass is 10.2. The molecular formula is C37H81B5O18. The highest BCUT2D eigenvalue weighted by Gasteiger charge is 2.13. The van der Waals surface area contributed by atoms with Crippen molar-refractivity contribution >= 4 is 39.8 Å². The molecule has 0 bridgehead atoms. The first-order chi connectivity index (χ1) is 28.7. The Balaban J connectivity index is -0.000000146. The van der Waals surface area contributed by atoms with Crippen LogP contribution in [0, 0.1) is 35.5 Å². The molecule has 23 heteroatoms. The molecule has 0 spiro atoms. The maximum atomic E-state index is 8.68. The van der Waals surface area contributed by atoms with Gasteiger partial charge in [-0.3, -0.25) is 0 Å². The number of hydrogen-bond donors (Lipinski definition) is 4. The summed E-state index contributed by atoms with van der Waals surface area (Å²) in [5, 5.41) is 34.2. The SMILES string of the molecule is COCC(CO)CO.COCC1COCOC1.[BH].[B]COCC(COC)COC.[B]COCC(COC)COC.[B]COC[C@@H](CO)COC.[B]COC[C@H](CO)COC. The van der Waals surface area contributed by atoms with E-state index in [2.05, 4.69) is 4.74 Å². The zero-order valence-corrected chi connectivity index (χ0v) is 38.2. The predicted octanol–water partition coefficient (Wildman–Crippen LogP) is -2.32. The first-order valence-electron chi connectivity index (χ1n) is 19.3. The molecule has 4 N–H and O–H groups in total. The fourth-order valence-electron chi connectivity index (χ4n) is 4.22. The van der Waals surface area contributed by atoms with Crippen LogP contribution in [-0.2, 0) is 66.3 Å². The molecule has 10 radical (unpaired) electrons. The molecule has 2 atom stereocenters. The maximum Gasteiger partial charge on any atom is 0.146 e.